The summed E-state index contributed by atoms with van der Waals surface area (Å²) in [5.74, 6) is 0. The smallest absolute Gasteiger partial charge is 0.205 e. The fourth-order valence-corrected chi connectivity index (χ4v) is 1.20. The molecule has 0 saturated carbocycles. The number of aromatic nitrogens is 3. The molecule has 0 amide bonds. The van der Waals surface area contributed by atoms with Crippen molar-refractivity contribution in [1.29, 1.82) is 0 Å². The summed E-state index contributed by atoms with van der Waals surface area (Å²) in [5.41, 5.74) is 1.47. The van der Waals surface area contributed by atoms with Crippen LogP contribution < -0.4 is 0 Å². The standard InChI is InChI=1S/C7H11N3O2S/c1-4-6(2)7-5-10(9-8-7)13(3,11)12/h4-5H,1-3H3/b6-4+. The minimum Gasteiger partial charge on any atom is -0.205 e. The van der Waals surface area contributed by atoms with E-state index in [1.165, 1.54) is 6.20 Å². The highest BCUT2D eigenvalue weighted by atomic mass is 32.2. The van der Waals surface area contributed by atoms with Crippen LogP contribution in [-0.4, -0.2) is 29.1 Å². The Kier molecular flexibility index (Phi) is 2.51. The topological polar surface area (TPSA) is 64.8 Å². The molecule has 0 spiro atoms. The van der Waals surface area contributed by atoms with Gasteiger partial charge in [-0.1, -0.05) is 11.3 Å². The van der Waals surface area contributed by atoms with Gasteiger partial charge in [0.2, 0.25) is 0 Å². The summed E-state index contributed by atoms with van der Waals surface area (Å²) in [6, 6.07) is 0. The van der Waals surface area contributed by atoms with Gasteiger partial charge < -0.3 is 0 Å². The molecule has 0 radical (unpaired) electrons. The molecule has 0 aliphatic carbocycles. The quantitative estimate of drug-likeness (QED) is 0.699. The van der Waals surface area contributed by atoms with Crippen molar-refractivity contribution in [2.24, 2.45) is 0 Å². The Balaban J connectivity index is 3.15. The van der Waals surface area contributed by atoms with Gasteiger partial charge in [-0.3, -0.25) is 0 Å². The van der Waals surface area contributed by atoms with Gasteiger partial charge in [-0.05, 0) is 19.4 Å². The van der Waals surface area contributed by atoms with Crippen LogP contribution >= 0.6 is 0 Å². The van der Waals surface area contributed by atoms with Crippen LogP contribution in [0.5, 0.6) is 0 Å². The maximum absolute atomic E-state index is 11.0. The van der Waals surface area contributed by atoms with Crippen molar-refractivity contribution in [3.05, 3.63) is 18.0 Å². The van der Waals surface area contributed by atoms with Gasteiger partial charge >= 0.3 is 0 Å². The van der Waals surface area contributed by atoms with Crippen LogP contribution in [0, 0.1) is 0 Å². The average molecular weight is 201 g/mol. The zero-order valence-corrected chi connectivity index (χ0v) is 8.54. The predicted octanol–water partition coefficient (Wildman–Crippen LogP) is 0.509. The first-order chi connectivity index (χ1) is 5.95. The van der Waals surface area contributed by atoms with Crippen molar-refractivity contribution in [2.75, 3.05) is 6.26 Å². The maximum atomic E-state index is 11.0. The van der Waals surface area contributed by atoms with Crippen LogP contribution in [0.25, 0.3) is 5.57 Å². The minimum absolute atomic E-state index is 0.577. The maximum Gasteiger partial charge on any atom is 0.252 e. The van der Waals surface area contributed by atoms with Crippen LogP contribution in [-0.2, 0) is 10.0 Å². The van der Waals surface area contributed by atoms with Crippen molar-refractivity contribution in [2.45, 2.75) is 13.8 Å². The second kappa shape index (κ2) is 3.29. The Hall–Kier alpha value is -1.17. The monoisotopic (exact) mass is 201 g/mol. The van der Waals surface area contributed by atoms with Gasteiger partial charge in [0.05, 0.1) is 12.5 Å². The van der Waals surface area contributed by atoms with Crippen LogP contribution in [0.15, 0.2) is 12.3 Å². The van der Waals surface area contributed by atoms with E-state index >= 15 is 0 Å². The van der Waals surface area contributed by atoms with Crippen molar-refractivity contribution in [1.82, 2.24) is 14.4 Å². The molecule has 1 heterocycles. The zero-order chi connectivity index (χ0) is 10.1. The van der Waals surface area contributed by atoms with Gasteiger partial charge in [-0.2, -0.15) is 0 Å². The molecular formula is C7H11N3O2S. The normalized spacial score (nSPS) is 13.3. The fourth-order valence-electron chi connectivity index (χ4n) is 0.739. The highest BCUT2D eigenvalue weighted by Crippen LogP contribution is 2.09. The molecule has 0 aliphatic rings. The molecule has 0 saturated heterocycles. The Morgan fingerprint density at radius 2 is 2.23 bits per heavy atom. The van der Waals surface area contributed by atoms with E-state index in [-0.39, 0.29) is 0 Å². The molecule has 5 nitrogen and oxygen atoms in total. The summed E-state index contributed by atoms with van der Waals surface area (Å²) in [6.45, 7) is 3.70. The Morgan fingerprint density at radius 3 is 2.62 bits per heavy atom. The van der Waals surface area contributed by atoms with Crippen molar-refractivity contribution in [3.63, 3.8) is 0 Å². The first kappa shape index (κ1) is 9.91. The molecule has 13 heavy (non-hydrogen) atoms. The summed E-state index contributed by atoms with van der Waals surface area (Å²) < 4.78 is 22.9. The van der Waals surface area contributed by atoms with Gasteiger partial charge in [0.1, 0.15) is 5.69 Å². The van der Waals surface area contributed by atoms with Crippen LogP contribution in [0.3, 0.4) is 0 Å². The molecule has 1 aromatic rings. The van der Waals surface area contributed by atoms with Crippen LogP contribution in [0.2, 0.25) is 0 Å². The third-order valence-corrected chi connectivity index (χ3v) is 2.51. The molecule has 0 aliphatic heterocycles. The number of rotatable bonds is 2. The second-order valence-electron chi connectivity index (χ2n) is 2.71. The van der Waals surface area contributed by atoms with Crippen molar-refractivity contribution in [3.8, 4) is 0 Å². The van der Waals surface area contributed by atoms with Gasteiger partial charge in [-0.15, -0.1) is 9.19 Å². The molecule has 0 aromatic carbocycles. The zero-order valence-electron chi connectivity index (χ0n) is 7.72. The lowest BCUT2D eigenvalue weighted by molar-refractivity contribution is 0.583. The van der Waals surface area contributed by atoms with E-state index in [1.54, 1.807) is 0 Å². The van der Waals surface area contributed by atoms with Gasteiger partial charge in [0, 0.05) is 0 Å². The first-order valence-corrected chi connectivity index (χ1v) is 5.56. The third kappa shape index (κ3) is 2.15. The Bertz CT molecular complexity index is 430. The number of allylic oxidation sites excluding steroid dienone is 2. The molecular weight excluding hydrogens is 190 g/mol. The van der Waals surface area contributed by atoms with E-state index in [4.69, 9.17) is 0 Å². The Labute approximate surface area is 77.1 Å². The van der Waals surface area contributed by atoms with E-state index in [1.807, 2.05) is 19.9 Å². The number of hydrogen-bond donors (Lipinski definition) is 0. The largest absolute Gasteiger partial charge is 0.252 e. The van der Waals surface area contributed by atoms with Gasteiger partial charge in [0.15, 0.2) is 0 Å². The van der Waals surface area contributed by atoms with E-state index < -0.39 is 10.0 Å². The summed E-state index contributed by atoms with van der Waals surface area (Å²) in [6.07, 6.45) is 4.32. The molecule has 6 heteroatoms. The van der Waals surface area contributed by atoms with E-state index in [2.05, 4.69) is 10.3 Å². The molecule has 0 fully saturated rings. The highest BCUT2D eigenvalue weighted by Gasteiger charge is 2.09. The molecule has 0 bridgehead atoms. The number of nitrogens with zero attached hydrogens (tertiary/aromatic N) is 3. The van der Waals surface area contributed by atoms with Gasteiger partial charge in [0.25, 0.3) is 10.0 Å². The average Bonchev–Trinajstić information content (AvgIpc) is 2.50. The van der Waals surface area contributed by atoms with Gasteiger partial charge in [-0.25, -0.2) is 8.42 Å². The lowest BCUT2D eigenvalue weighted by Gasteiger charge is -1.92. The molecule has 0 atom stereocenters. The summed E-state index contributed by atoms with van der Waals surface area (Å²) in [4.78, 5) is 0. The van der Waals surface area contributed by atoms with Crippen LogP contribution in [0.1, 0.15) is 19.5 Å². The van der Waals surface area contributed by atoms with E-state index in [9.17, 15) is 8.42 Å². The lowest BCUT2D eigenvalue weighted by Crippen LogP contribution is -2.10. The minimum atomic E-state index is -3.31. The van der Waals surface area contributed by atoms with Crippen molar-refractivity contribution < 1.29 is 8.42 Å². The summed E-state index contributed by atoms with van der Waals surface area (Å²) >= 11 is 0. The first-order valence-electron chi connectivity index (χ1n) is 3.71. The molecule has 72 valence electrons. The van der Waals surface area contributed by atoms with E-state index in [0.717, 1.165) is 15.9 Å². The number of hydrogen-bond acceptors (Lipinski definition) is 4. The molecule has 0 N–H and O–H groups in total. The predicted molar refractivity (Wildman–Crippen MR) is 49.6 cm³/mol. The third-order valence-electron chi connectivity index (χ3n) is 1.65. The molecule has 1 aromatic heterocycles. The molecule has 0 unspecified atom stereocenters. The summed E-state index contributed by atoms with van der Waals surface area (Å²) in [7, 11) is -3.31. The SMILES string of the molecule is C/C=C(\C)c1cn(S(C)(=O)=O)nn1. The highest BCUT2D eigenvalue weighted by molar-refractivity contribution is 7.89. The molecule has 1 rings (SSSR count). The van der Waals surface area contributed by atoms with Crippen LogP contribution in [0.4, 0.5) is 0 Å². The summed E-state index contributed by atoms with van der Waals surface area (Å²) in [5, 5.41) is 7.21. The lowest BCUT2D eigenvalue weighted by atomic mass is 10.2. The van der Waals surface area contributed by atoms with E-state index in [0.29, 0.717) is 5.69 Å². The fraction of sp³-hybridized carbons (Fsp3) is 0.429. The Morgan fingerprint density at radius 1 is 1.62 bits per heavy atom. The second-order valence-corrected chi connectivity index (χ2v) is 4.55. The van der Waals surface area contributed by atoms with Crippen molar-refractivity contribution >= 4 is 15.6 Å².